The number of alkyl halides is 1. The van der Waals surface area contributed by atoms with Crippen molar-refractivity contribution in [2.24, 2.45) is 34.5 Å². The van der Waals surface area contributed by atoms with E-state index >= 15 is 0 Å². The first kappa shape index (κ1) is 23.2. The minimum atomic E-state index is -0.977. The summed E-state index contributed by atoms with van der Waals surface area (Å²) in [4.78, 5) is 37.9. The molecule has 7 atom stereocenters. The molecule has 4 aliphatic rings. The predicted octanol–water partition coefficient (Wildman–Crippen LogP) is 5.81. The molecule has 0 radical (unpaired) electrons. The van der Waals surface area contributed by atoms with Crippen LogP contribution in [0.4, 0.5) is 0 Å². The van der Waals surface area contributed by atoms with Gasteiger partial charge in [-0.1, -0.05) is 42.3 Å². The highest BCUT2D eigenvalue weighted by molar-refractivity contribution is 9.09. The van der Waals surface area contributed by atoms with Gasteiger partial charge < -0.3 is 4.74 Å². The van der Waals surface area contributed by atoms with Gasteiger partial charge in [-0.3, -0.25) is 14.4 Å². The molecule has 3 saturated carbocycles. The van der Waals surface area contributed by atoms with Gasteiger partial charge in [0.25, 0.3) is 0 Å². The Morgan fingerprint density at radius 1 is 1.16 bits per heavy atom. The lowest BCUT2D eigenvalue weighted by Gasteiger charge is -2.60. The van der Waals surface area contributed by atoms with Gasteiger partial charge in [0.1, 0.15) is 0 Å². The highest BCUT2D eigenvalue weighted by atomic mass is 79.9. The van der Waals surface area contributed by atoms with Crippen molar-refractivity contribution in [3.05, 3.63) is 11.6 Å². The average Bonchev–Trinajstić information content (AvgIpc) is 3.01. The molecule has 5 heteroatoms. The number of allylic oxidation sites excluding steroid dienone is 1. The molecule has 0 aromatic heterocycles. The van der Waals surface area contributed by atoms with E-state index in [0.29, 0.717) is 42.9 Å². The molecule has 172 valence electrons. The zero-order valence-electron chi connectivity index (χ0n) is 19.5. The molecule has 31 heavy (non-hydrogen) atoms. The van der Waals surface area contributed by atoms with Crippen LogP contribution in [-0.4, -0.2) is 28.5 Å². The molecule has 0 aromatic rings. The molecule has 0 bridgehead atoms. The predicted molar refractivity (Wildman–Crippen MR) is 124 cm³/mol. The first-order chi connectivity index (χ1) is 14.6. The van der Waals surface area contributed by atoms with Gasteiger partial charge in [-0.05, 0) is 87.0 Å². The second-order valence-corrected chi connectivity index (χ2v) is 11.9. The molecular weight excluding hydrogens is 456 g/mol. The summed E-state index contributed by atoms with van der Waals surface area (Å²) in [6.07, 6.45) is 9.26. The number of carbonyl (C=O) groups is 3. The average molecular weight is 493 g/mol. The summed E-state index contributed by atoms with van der Waals surface area (Å²) in [6, 6.07) is 0. The Morgan fingerprint density at radius 3 is 2.55 bits per heavy atom. The highest BCUT2D eigenvalue weighted by Gasteiger charge is 2.68. The first-order valence-corrected chi connectivity index (χ1v) is 13.2. The Morgan fingerprint density at radius 2 is 1.87 bits per heavy atom. The Balaban J connectivity index is 1.66. The molecule has 0 aromatic carbocycles. The smallest absolute Gasteiger partial charge is 0.306 e. The van der Waals surface area contributed by atoms with E-state index in [9.17, 15) is 14.4 Å². The Bertz CT molecular complexity index is 818. The largest absolute Gasteiger partial charge is 0.450 e. The Hall–Kier alpha value is -0.970. The molecule has 0 heterocycles. The summed E-state index contributed by atoms with van der Waals surface area (Å²) in [5.74, 6) is 1.91. The fourth-order valence-corrected chi connectivity index (χ4v) is 8.54. The van der Waals surface area contributed by atoms with Crippen LogP contribution in [0.25, 0.3) is 0 Å². The van der Waals surface area contributed by atoms with Gasteiger partial charge in [0.2, 0.25) is 0 Å². The van der Waals surface area contributed by atoms with Crippen LogP contribution in [-0.2, 0) is 19.1 Å². The van der Waals surface area contributed by atoms with Crippen molar-refractivity contribution >= 4 is 33.5 Å². The van der Waals surface area contributed by atoms with Crippen LogP contribution in [0.5, 0.6) is 0 Å². The third kappa shape index (κ3) is 3.40. The third-order valence-electron chi connectivity index (χ3n) is 9.77. The number of fused-ring (bicyclic) bond motifs is 5. The molecular formula is C26H37BrO4. The van der Waals surface area contributed by atoms with Crippen LogP contribution >= 0.6 is 15.9 Å². The monoisotopic (exact) mass is 492 g/mol. The molecule has 4 nitrogen and oxygen atoms in total. The maximum Gasteiger partial charge on any atom is 0.306 e. The maximum atomic E-state index is 13.1. The second-order valence-electron chi connectivity index (χ2n) is 11.1. The molecule has 4 aliphatic carbocycles. The molecule has 0 aliphatic heterocycles. The summed E-state index contributed by atoms with van der Waals surface area (Å²) in [5.41, 5.74) is 0.178. The summed E-state index contributed by atoms with van der Waals surface area (Å²) in [5, 5.41) is 0.758. The van der Waals surface area contributed by atoms with E-state index in [1.54, 1.807) is 6.92 Å². The van der Waals surface area contributed by atoms with Crippen LogP contribution in [0, 0.1) is 34.5 Å². The molecule has 4 rings (SSSR count). The number of Topliss-reactive ketones (excluding diaryl/α,β-unsaturated/α-hetero) is 1. The first-order valence-electron chi connectivity index (χ1n) is 12.1. The SMILES string of the molecule is CC(=O)[C@@]1(OC(=O)CCCBr)CC[C@H]2[C@@H]3C[C@H](C)C4=CC(=O)CC[C@]4(C)[C@H]3CC[C@@]21C. The second kappa shape index (κ2) is 8.11. The number of ether oxygens (including phenoxy) is 1. The minimum absolute atomic E-state index is 0.0158. The van der Waals surface area contributed by atoms with Crippen LogP contribution < -0.4 is 0 Å². The standard InChI is InChI=1S/C26H37BrO4/c1-16-14-19-20(24(3)10-7-18(29)15-22(16)24)8-11-25(4)21(19)9-12-26(25,17(2)28)31-23(30)6-5-13-27/h15-16,19-21H,5-14H2,1-4H3/t16-,19+,20-,21-,24+,25-,26-/m0/s1. The van der Waals surface area contributed by atoms with Crippen molar-refractivity contribution in [2.75, 3.05) is 5.33 Å². The quantitative estimate of drug-likeness (QED) is 0.358. The number of ketones is 2. The van der Waals surface area contributed by atoms with Gasteiger partial charge in [0.15, 0.2) is 17.2 Å². The van der Waals surface area contributed by atoms with Crippen LogP contribution in [0.15, 0.2) is 11.6 Å². The summed E-state index contributed by atoms with van der Waals surface area (Å²) in [7, 11) is 0. The van der Waals surface area contributed by atoms with Crippen molar-refractivity contribution in [3.8, 4) is 0 Å². The number of esters is 1. The van der Waals surface area contributed by atoms with Crippen LogP contribution in [0.1, 0.15) is 85.5 Å². The van der Waals surface area contributed by atoms with E-state index in [1.807, 2.05) is 6.08 Å². The Kier molecular flexibility index (Phi) is 6.07. The van der Waals surface area contributed by atoms with E-state index in [2.05, 4.69) is 36.7 Å². The number of hydrogen-bond donors (Lipinski definition) is 0. The van der Waals surface area contributed by atoms with E-state index < -0.39 is 5.60 Å². The maximum absolute atomic E-state index is 13.1. The lowest BCUT2D eigenvalue weighted by molar-refractivity contribution is -0.189. The molecule has 0 unspecified atom stereocenters. The van der Waals surface area contributed by atoms with E-state index in [-0.39, 0.29) is 28.4 Å². The minimum Gasteiger partial charge on any atom is -0.450 e. The van der Waals surface area contributed by atoms with E-state index in [0.717, 1.165) is 43.9 Å². The van der Waals surface area contributed by atoms with Gasteiger partial charge >= 0.3 is 5.97 Å². The Labute approximate surface area is 195 Å². The normalized spacial score (nSPS) is 44.0. The lowest BCUT2D eigenvalue weighted by Crippen LogP contribution is -2.59. The number of halogens is 1. The fourth-order valence-electron chi connectivity index (χ4n) is 8.26. The van der Waals surface area contributed by atoms with Crippen LogP contribution in [0.2, 0.25) is 0 Å². The van der Waals surface area contributed by atoms with E-state index in [1.165, 1.54) is 5.57 Å². The van der Waals surface area contributed by atoms with Gasteiger partial charge in [-0.2, -0.15) is 0 Å². The third-order valence-corrected chi connectivity index (χ3v) is 10.3. The summed E-state index contributed by atoms with van der Waals surface area (Å²) in [6.45, 7) is 8.51. The van der Waals surface area contributed by atoms with E-state index in [4.69, 9.17) is 4.74 Å². The summed E-state index contributed by atoms with van der Waals surface area (Å²) >= 11 is 3.38. The summed E-state index contributed by atoms with van der Waals surface area (Å²) < 4.78 is 6.12. The molecule has 3 fully saturated rings. The van der Waals surface area contributed by atoms with Crippen molar-refractivity contribution in [3.63, 3.8) is 0 Å². The van der Waals surface area contributed by atoms with Crippen molar-refractivity contribution in [1.82, 2.24) is 0 Å². The van der Waals surface area contributed by atoms with Crippen molar-refractivity contribution < 1.29 is 19.1 Å². The topological polar surface area (TPSA) is 60.4 Å². The number of hydrogen-bond acceptors (Lipinski definition) is 4. The van der Waals surface area contributed by atoms with Crippen molar-refractivity contribution in [2.45, 2.75) is 91.1 Å². The lowest BCUT2D eigenvalue weighted by atomic mass is 9.44. The zero-order chi connectivity index (χ0) is 22.6. The van der Waals surface area contributed by atoms with Gasteiger partial charge in [0, 0.05) is 23.6 Å². The molecule has 0 spiro atoms. The number of carbonyl (C=O) groups excluding carboxylic acids is 3. The fraction of sp³-hybridized carbons (Fsp3) is 0.808. The molecule has 0 saturated heterocycles. The van der Waals surface area contributed by atoms with Gasteiger partial charge in [-0.25, -0.2) is 0 Å². The zero-order valence-corrected chi connectivity index (χ0v) is 21.1. The molecule has 0 N–H and O–H groups in total. The number of rotatable bonds is 5. The highest BCUT2D eigenvalue weighted by Crippen LogP contribution is 2.69. The van der Waals surface area contributed by atoms with Gasteiger partial charge in [0.05, 0.1) is 0 Å². The van der Waals surface area contributed by atoms with Gasteiger partial charge in [-0.15, -0.1) is 0 Å². The van der Waals surface area contributed by atoms with Crippen LogP contribution in [0.3, 0.4) is 0 Å². The molecule has 0 amide bonds. The van der Waals surface area contributed by atoms with Crippen molar-refractivity contribution in [1.29, 1.82) is 0 Å².